The van der Waals surface area contributed by atoms with Crippen molar-refractivity contribution in [1.82, 2.24) is 15.5 Å². The molecule has 3 rings (SSSR count). The van der Waals surface area contributed by atoms with Crippen LogP contribution in [0.15, 0.2) is 48.5 Å². The second kappa shape index (κ2) is 8.68. The number of hydrogen-bond donors (Lipinski definition) is 3. The Morgan fingerprint density at radius 2 is 1.81 bits per heavy atom. The van der Waals surface area contributed by atoms with Gasteiger partial charge in [0.2, 0.25) is 0 Å². The maximum Gasteiger partial charge on any atom is 0.321 e. The Bertz CT molecular complexity index is 799. The number of nitrogen functional groups attached to an aromatic ring is 1. The number of nitrogens with zero attached hydrogens (tertiary/aromatic N) is 1. The summed E-state index contributed by atoms with van der Waals surface area (Å²) in [7, 11) is 0. The molecule has 1 aliphatic heterocycles. The Labute approximate surface area is 159 Å². The second-order valence-electron chi connectivity index (χ2n) is 7.03. The van der Waals surface area contributed by atoms with Crippen LogP contribution in [0.25, 0.3) is 0 Å². The molecule has 0 saturated carbocycles. The van der Waals surface area contributed by atoms with Crippen LogP contribution in [0.5, 0.6) is 0 Å². The highest BCUT2D eigenvalue weighted by Gasteiger charge is 2.21. The number of likely N-dealkylation sites (tertiary alicyclic amines) is 1. The average Bonchev–Trinajstić information content (AvgIpc) is 2.67. The Morgan fingerprint density at radius 1 is 1.11 bits per heavy atom. The number of urea groups is 1. The molecule has 1 saturated heterocycles. The van der Waals surface area contributed by atoms with Crippen LogP contribution in [0.1, 0.15) is 34.3 Å². The number of imide groups is 1. The van der Waals surface area contributed by atoms with Gasteiger partial charge < -0.3 is 11.1 Å². The molecule has 0 aromatic heterocycles. The topological polar surface area (TPSA) is 87.5 Å². The smallest absolute Gasteiger partial charge is 0.321 e. The lowest BCUT2D eigenvalue weighted by Crippen LogP contribution is -2.49. The molecule has 27 heavy (non-hydrogen) atoms. The van der Waals surface area contributed by atoms with Crippen LogP contribution in [0.2, 0.25) is 0 Å². The van der Waals surface area contributed by atoms with Gasteiger partial charge in [-0.3, -0.25) is 15.0 Å². The van der Waals surface area contributed by atoms with E-state index in [-0.39, 0.29) is 11.9 Å². The van der Waals surface area contributed by atoms with Crippen LogP contribution in [-0.4, -0.2) is 36.0 Å². The van der Waals surface area contributed by atoms with E-state index >= 15 is 0 Å². The molecular formula is C21H26N4O2. The van der Waals surface area contributed by atoms with E-state index in [2.05, 4.69) is 21.6 Å². The molecule has 4 N–H and O–H groups in total. The molecule has 0 radical (unpaired) electrons. The van der Waals surface area contributed by atoms with Gasteiger partial charge in [-0.2, -0.15) is 0 Å². The summed E-state index contributed by atoms with van der Waals surface area (Å²) >= 11 is 0. The number of rotatable bonds is 4. The first-order valence-electron chi connectivity index (χ1n) is 9.25. The van der Waals surface area contributed by atoms with E-state index in [0.717, 1.165) is 43.7 Å². The van der Waals surface area contributed by atoms with E-state index in [1.54, 1.807) is 24.3 Å². The Hall–Kier alpha value is -2.86. The number of nitrogens with one attached hydrogen (secondary N) is 2. The number of carbonyl (C=O) groups is 2. The zero-order valence-corrected chi connectivity index (χ0v) is 15.6. The molecule has 142 valence electrons. The van der Waals surface area contributed by atoms with Gasteiger partial charge in [0, 0.05) is 36.9 Å². The van der Waals surface area contributed by atoms with E-state index in [0.29, 0.717) is 5.56 Å². The Kier molecular flexibility index (Phi) is 6.08. The summed E-state index contributed by atoms with van der Waals surface area (Å²) in [5.41, 5.74) is 9.58. The predicted octanol–water partition coefficient (Wildman–Crippen LogP) is 2.68. The zero-order valence-electron chi connectivity index (χ0n) is 15.6. The van der Waals surface area contributed by atoms with Gasteiger partial charge in [-0.05, 0) is 49.1 Å². The first-order valence-corrected chi connectivity index (χ1v) is 9.25. The number of carbonyl (C=O) groups excluding carboxylic acids is 2. The first kappa shape index (κ1) is 18.9. The van der Waals surface area contributed by atoms with Crippen LogP contribution in [-0.2, 0) is 6.54 Å². The summed E-state index contributed by atoms with van der Waals surface area (Å²) in [5.74, 6) is -0.387. The third-order valence-corrected chi connectivity index (χ3v) is 4.94. The van der Waals surface area contributed by atoms with Gasteiger partial charge in [0.05, 0.1) is 0 Å². The van der Waals surface area contributed by atoms with Gasteiger partial charge >= 0.3 is 6.03 Å². The Balaban J connectivity index is 1.43. The van der Waals surface area contributed by atoms with Crippen molar-refractivity contribution >= 4 is 17.6 Å². The van der Waals surface area contributed by atoms with Gasteiger partial charge in [-0.25, -0.2) is 4.79 Å². The summed E-state index contributed by atoms with van der Waals surface area (Å²) in [6.45, 7) is 4.65. The number of benzene rings is 2. The first-order chi connectivity index (χ1) is 13.0. The zero-order chi connectivity index (χ0) is 19.2. The summed E-state index contributed by atoms with van der Waals surface area (Å²) < 4.78 is 0. The molecule has 1 heterocycles. The van der Waals surface area contributed by atoms with Crippen molar-refractivity contribution < 1.29 is 9.59 Å². The van der Waals surface area contributed by atoms with E-state index in [4.69, 9.17) is 5.73 Å². The van der Waals surface area contributed by atoms with E-state index in [1.807, 2.05) is 25.1 Å². The van der Waals surface area contributed by atoms with Crippen molar-refractivity contribution in [1.29, 1.82) is 0 Å². The summed E-state index contributed by atoms with van der Waals surface area (Å²) in [5, 5.41) is 5.29. The molecule has 0 aliphatic carbocycles. The molecular weight excluding hydrogens is 340 g/mol. The fourth-order valence-electron chi connectivity index (χ4n) is 3.27. The molecule has 2 aromatic carbocycles. The highest BCUT2D eigenvalue weighted by atomic mass is 16.2. The molecule has 3 amide bonds. The van der Waals surface area contributed by atoms with Crippen molar-refractivity contribution in [3.63, 3.8) is 0 Å². The molecule has 6 nitrogen and oxygen atoms in total. The van der Waals surface area contributed by atoms with E-state index < -0.39 is 6.03 Å². The largest absolute Gasteiger partial charge is 0.399 e. The molecule has 0 spiro atoms. The monoisotopic (exact) mass is 366 g/mol. The van der Waals surface area contributed by atoms with Crippen molar-refractivity contribution in [3.8, 4) is 0 Å². The molecule has 1 aliphatic rings. The van der Waals surface area contributed by atoms with Crippen molar-refractivity contribution in [3.05, 3.63) is 65.2 Å². The van der Waals surface area contributed by atoms with E-state index in [1.165, 1.54) is 5.56 Å². The standard InChI is InChI=1S/C21H26N4O2/c1-15-7-8-16(13-19(15)22)14-25-11-9-18(10-12-25)23-21(27)24-20(26)17-5-3-2-4-6-17/h2-8,13,18H,9-12,14,22H2,1H3,(H2,23,24,26,27). The fraction of sp³-hybridized carbons (Fsp3) is 0.333. The number of amides is 3. The number of nitrogens with two attached hydrogens (primary N) is 1. The molecule has 0 atom stereocenters. The fourth-order valence-corrected chi connectivity index (χ4v) is 3.27. The highest BCUT2D eigenvalue weighted by Crippen LogP contribution is 2.17. The van der Waals surface area contributed by atoms with Gasteiger partial charge in [-0.15, -0.1) is 0 Å². The van der Waals surface area contributed by atoms with Crippen LogP contribution in [0.4, 0.5) is 10.5 Å². The number of hydrogen-bond acceptors (Lipinski definition) is 4. The van der Waals surface area contributed by atoms with Crippen LogP contribution in [0, 0.1) is 6.92 Å². The maximum absolute atomic E-state index is 12.1. The minimum atomic E-state index is -0.436. The summed E-state index contributed by atoms with van der Waals surface area (Å²) in [6, 6.07) is 14.6. The maximum atomic E-state index is 12.1. The highest BCUT2D eigenvalue weighted by molar-refractivity contribution is 6.04. The third kappa shape index (κ3) is 5.31. The molecule has 2 aromatic rings. The molecule has 1 fully saturated rings. The van der Waals surface area contributed by atoms with Gasteiger partial charge in [0.15, 0.2) is 0 Å². The van der Waals surface area contributed by atoms with Gasteiger partial charge in [-0.1, -0.05) is 30.3 Å². The number of piperidine rings is 1. The SMILES string of the molecule is Cc1ccc(CN2CCC(NC(=O)NC(=O)c3ccccc3)CC2)cc1N. The average molecular weight is 366 g/mol. The molecule has 0 unspecified atom stereocenters. The lowest BCUT2D eigenvalue weighted by atomic mass is 10.0. The third-order valence-electron chi connectivity index (χ3n) is 4.94. The minimum absolute atomic E-state index is 0.0768. The lowest BCUT2D eigenvalue weighted by molar-refractivity contribution is 0.0962. The summed E-state index contributed by atoms with van der Waals surface area (Å²) in [6.07, 6.45) is 1.71. The summed E-state index contributed by atoms with van der Waals surface area (Å²) in [4.78, 5) is 26.4. The Morgan fingerprint density at radius 3 is 2.48 bits per heavy atom. The van der Waals surface area contributed by atoms with Crippen LogP contribution in [0.3, 0.4) is 0 Å². The predicted molar refractivity (Wildman–Crippen MR) is 106 cm³/mol. The van der Waals surface area contributed by atoms with Gasteiger partial charge in [0.25, 0.3) is 5.91 Å². The van der Waals surface area contributed by atoms with Crippen LogP contribution < -0.4 is 16.4 Å². The van der Waals surface area contributed by atoms with Crippen molar-refractivity contribution in [2.75, 3.05) is 18.8 Å². The lowest BCUT2D eigenvalue weighted by Gasteiger charge is -2.32. The molecule has 0 bridgehead atoms. The minimum Gasteiger partial charge on any atom is -0.399 e. The second-order valence-corrected chi connectivity index (χ2v) is 7.03. The number of anilines is 1. The van der Waals surface area contributed by atoms with Crippen LogP contribution >= 0.6 is 0 Å². The van der Waals surface area contributed by atoms with Gasteiger partial charge in [0.1, 0.15) is 0 Å². The number of aryl methyl sites for hydroxylation is 1. The van der Waals surface area contributed by atoms with Crippen molar-refractivity contribution in [2.24, 2.45) is 0 Å². The quantitative estimate of drug-likeness (QED) is 0.726. The van der Waals surface area contributed by atoms with E-state index in [9.17, 15) is 9.59 Å². The van der Waals surface area contributed by atoms with Crippen molar-refractivity contribution in [2.45, 2.75) is 32.4 Å². The molecule has 6 heteroatoms. The normalized spacial score (nSPS) is 15.3.